The zero-order valence-electron chi connectivity index (χ0n) is 11.5. The summed E-state index contributed by atoms with van der Waals surface area (Å²) in [5.74, 6) is 5.53. The fourth-order valence-corrected chi connectivity index (χ4v) is 2.28. The normalized spacial score (nSPS) is 9.67. The van der Waals surface area contributed by atoms with Crippen molar-refractivity contribution in [2.75, 3.05) is 19.0 Å². The smallest absolute Gasteiger partial charge is 0.258 e. The van der Waals surface area contributed by atoms with Gasteiger partial charge in [-0.3, -0.25) is 10.1 Å². The summed E-state index contributed by atoms with van der Waals surface area (Å²) in [6.45, 7) is 1.57. The number of carbonyl (C=O) groups is 1. The molecule has 0 spiro atoms. The Bertz CT molecular complexity index is 716. The number of amides is 1. The van der Waals surface area contributed by atoms with Crippen LogP contribution < -0.4 is 10.1 Å². The first-order valence-corrected chi connectivity index (χ1v) is 6.89. The van der Waals surface area contributed by atoms with E-state index in [1.807, 2.05) is 0 Å². The minimum Gasteiger partial charge on any atom is -0.481 e. The van der Waals surface area contributed by atoms with Crippen molar-refractivity contribution in [2.45, 2.75) is 6.92 Å². The number of rotatable bonds is 3. The van der Waals surface area contributed by atoms with Crippen LogP contribution in [0.25, 0.3) is 0 Å². The van der Waals surface area contributed by atoms with E-state index >= 15 is 0 Å². The molecular formula is C14H13N3O3S. The van der Waals surface area contributed by atoms with Gasteiger partial charge in [-0.1, -0.05) is 11.8 Å². The van der Waals surface area contributed by atoms with Crippen molar-refractivity contribution in [1.82, 2.24) is 9.97 Å². The van der Waals surface area contributed by atoms with Crippen LogP contribution in [0.15, 0.2) is 17.5 Å². The molecule has 6 nitrogen and oxygen atoms in total. The summed E-state index contributed by atoms with van der Waals surface area (Å²) in [4.78, 5) is 21.0. The monoisotopic (exact) mass is 303 g/mol. The van der Waals surface area contributed by atoms with E-state index in [0.717, 1.165) is 0 Å². The van der Waals surface area contributed by atoms with Crippen molar-refractivity contribution in [3.63, 3.8) is 0 Å². The highest BCUT2D eigenvalue weighted by Gasteiger charge is 2.11. The van der Waals surface area contributed by atoms with Gasteiger partial charge in [0.15, 0.2) is 0 Å². The van der Waals surface area contributed by atoms with Gasteiger partial charge in [0.05, 0.1) is 17.6 Å². The highest BCUT2D eigenvalue weighted by atomic mass is 32.1. The summed E-state index contributed by atoms with van der Waals surface area (Å²) < 4.78 is 5.03. The van der Waals surface area contributed by atoms with Gasteiger partial charge in [-0.05, 0) is 13.0 Å². The molecule has 0 aliphatic carbocycles. The fraction of sp³-hybridized carbons (Fsp3) is 0.214. The maximum Gasteiger partial charge on any atom is 0.258 e. The second kappa shape index (κ2) is 6.83. The molecule has 7 heteroatoms. The van der Waals surface area contributed by atoms with Crippen molar-refractivity contribution >= 4 is 23.2 Å². The first-order valence-electron chi connectivity index (χ1n) is 6.01. The molecule has 0 bridgehead atoms. The van der Waals surface area contributed by atoms with Gasteiger partial charge in [-0.25, -0.2) is 4.98 Å². The molecule has 2 heterocycles. The lowest BCUT2D eigenvalue weighted by atomic mass is 10.3. The lowest BCUT2D eigenvalue weighted by Gasteiger charge is -2.05. The van der Waals surface area contributed by atoms with E-state index in [-0.39, 0.29) is 18.5 Å². The minimum atomic E-state index is -0.323. The van der Waals surface area contributed by atoms with E-state index in [4.69, 9.17) is 9.84 Å². The number of anilines is 1. The average Bonchev–Trinajstić information content (AvgIpc) is 2.93. The number of hydrogen-bond acceptors (Lipinski definition) is 6. The van der Waals surface area contributed by atoms with Gasteiger partial charge in [0.2, 0.25) is 11.8 Å². The zero-order chi connectivity index (χ0) is 15.2. The molecule has 0 aliphatic rings. The zero-order valence-corrected chi connectivity index (χ0v) is 12.3. The van der Waals surface area contributed by atoms with Gasteiger partial charge < -0.3 is 9.84 Å². The number of aliphatic hydroxyl groups excluding tert-OH is 1. The van der Waals surface area contributed by atoms with Crippen LogP contribution in [0.5, 0.6) is 5.88 Å². The van der Waals surface area contributed by atoms with E-state index in [0.29, 0.717) is 22.0 Å². The quantitative estimate of drug-likeness (QED) is 0.838. The standard InChI is InChI=1S/C14H13N3O3S/c1-9-6-12(20-2)16-14(15-9)17-13(19)10-7-11(21-8-10)4-3-5-18/h6-8,18H,5H2,1-2H3,(H,15,16,17,19). The third-order valence-electron chi connectivity index (χ3n) is 2.42. The van der Waals surface area contributed by atoms with Crippen molar-refractivity contribution in [3.8, 4) is 17.7 Å². The lowest BCUT2D eigenvalue weighted by Crippen LogP contribution is -2.14. The van der Waals surface area contributed by atoms with E-state index in [9.17, 15) is 4.79 Å². The summed E-state index contributed by atoms with van der Waals surface area (Å²) in [6.07, 6.45) is 0. The van der Waals surface area contributed by atoms with Gasteiger partial charge >= 0.3 is 0 Å². The number of ether oxygens (including phenoxy) is 1. The van der Waals surface area contributed by atoms with Crippen LogP contribution in [0.3, 0.4) is 0 Å². The highest BCUT2D eigenvalue weighted by Crippen LogP contribution is 2.16. The van der Waals surface area contributed by atoms with Gasteiger partial charge in [0, 0.05) is 17.1 Å². The lowest BCUT2D eigenvalue weighted by molar-refractivity contribution is 0.102. The number of hydrogen-bond donors (Lipinski definition) is 2. The number of aliphatic hydroxyl groups is 1. The maximum atomic E-state index is 12.1. The van der Waals surface area contributed by atoms with E-state index < -0.39 is 0 Å². The average molecular weight is 303 g/mol. The summed E-state index contributed by atoms with van der Waals surface area (Å²) in [7, 11) is 1.50. The summed E-state index contributed by atoms with van der Waals surface area (Å²) in [5, 5.41) is 12.9. The molecule has 21 heavy (non-hydrogen) atoms. The molecule has 0 radical (unpaired) electrons. The molecule has 0 fully saturated rings. The fourth-order valence-electron chi connectivity index (χ4n) is 1.52. The Balaban J connectivity index is 2.14. The molecule has 1 amide bonds. The number of nitrogens with zero attached hydrogens (tertiary/aromatic N) is 2. The topological polar surface area (TPSA) is 84.3 Å². The molecule has 108 valence electrons. The third-order valence-corrected chi connectivity index (χ3v) is 3.26. The Kier molecular flexibility index (Phi) is 4.87. The first-order chi connectivity index (χ1) is 10.1. The Morgan fingerprint density at radius 3 is 3.00 bits per heavy atom. The van der Waals surface area contributed by atoms with Crippen LogP contribution in [-0.2, 0) is 0 Å². The molecule has 0 aromatic carbocycles. The van der Waals surface area contributed by atoms with Crippen molar-refractivity contribution in [2.24, 2.45) is 0 Å². The van der Waals surface area contributed by atoms with Crippen LogP contribution in [0, 0.1) is 18.8 Å². The predicted octanol–water partition coefficient (Wildman–Crippen LogP) is 1.45. The SMILES string of the molecule is COc1cc(C)nc(NC(=O)c2csc(C#CCO)c2)n1. The Labute approximate surface area is 125 Å². The van der Waals surface area contributed by atoms with Gasteiger partial charge in [-0.15, -0.1) is 11.3 Å². The number of thiophene rings is 1. The number of aromatic nitrogens is 2. The second-order valence-electron chi connectivity index (χ2n) is 3.99. The number of aryl methyl sites for hydroxylation is 1. The summed E-state index contributed by atoms with van der Waals surface area (Å²) in [5.41, 5.74) is 1.16. The van der Waals surface area contributed by atoms with Gasteiger partial charge in [0.1, 0.15) is 6.61 Å². The van der Waals surface area contributed by atoms with Crippen molar-refractivity contribution in [1.29, 1.82) is 0 Å². The predicted molar refractivity (Wildman–Crippen MR) is 79.6 cm³/mol. The van der Waals surface area contributed by atoms with Crippen molar-refractivity contribution < 1.29 is 14.6 Å². The van der Waals surface area contributed by atoms with Crippen LogP contribution in [0.4, 0.5) is 5.95 Å². The summed E-state index contributed by atoms with van der Waals surface area (Å²) >= 11 is 1.33. The van der Waals surface area contributed by atoms with Crippen LogP contribution in [0.1, 0.15) is 20.9 Å². The molecule has 2 rings (SSSR count). The molecule has 0 saturated heterocycles. The number of nitrogens with one attached hydrogen (secondary N) is 1. The molecule has 2 aromatic heterocycles. The Hall–Kier alpha value is -2.43. The third kappa shape index (κ3) is 4.02. The van der Waals surface area contributed by atoms with Gasteiger partial charge in [0.25, 0.3) is 5.91 Å². The maximum absolute atomic E-state index is 12.1. The second-order valence-corrected chi connectivity index (χ2v) is 4.90. The van der Waals surface area contributed by atoms with E-state index in [2.05, 4.69) is 27.1 Å². The van der Waals surface area contributed by atoms with Crippen molar-refractivity contribution in [3.05, 3.63) is 33.6 Å². The molecule has 0 unspecified atom stereocenters. The number of carbonyl (C=O) groups excluding carboxylic acids is 1. The highest BCUT2D eigenvalue weighted by molar-refractivity contribution is 7.10. The van der Waals surface area contributed by atoms with Crippen LogP contribution in [-0.4, -0.2) is 34.7 Å². The number of methoxy groups -OCH3 is 1. The summed E-state index contributed by atoms with van der Waals surface area (Å²) in [6, 6.07) is 3.32. The molecule has 0 saturated carbocycles. The molecule has 2 aromatic rings. The first kappa shape index (κ1) is 15.0. The van der Waals surface area contributed by atoms with Gasteiger partial charge in [-0.2, -0.15) is 4.98 Å². The Morgan fingerprint density at radius 1 is 1.48 bits per heavy atom. The molecule has 0 aliphatic heterocycles. The Morgan fingerprint density at radius 2 is 2.29 bits per heavy atom. The van der Waals surface area contributed by atoms with E-state index in [1.165, 1.54) is 18.4 Å². The molecule has 0 atom stereocenters. The minimum absolute atomic E-state index is 0.186. The van der Waals surface area contributed by atoms with E-state index in [1.54, 1.807) is 24.4 Å². The molecule has 2 N–H and O–H groups in total. The van der Waals surface area contributed by atoms with Crippen LogP contribution in [0.2, 0.25) is 0 Å². The molecular weight excluding hydrogens is 290 g/mol. The largest absolute Gasteiger partial charge is 0.481 e. The van der Waals surface area contributed by atoms with Crippen LogP contribution >= 0.6 is 11.3 Å².